The number of hydrogen-bond acceptors (Lipinski definition) is 7. The lowest BCUT2D eigenvalue weighted by Crippen LogP contribution is -2.16. The summed E-state index contributed by atoms with van der Waals surface area (Å²) in [6.45, 7) is 0. The van der Waals surface area contributed by atoms with Crippen molar-refractivity contribution in [3.05, 3.63) is 46.0 Å². The summed E-state index contributed by atoms with van der Waals surface area (Å²) in [7, 11) is 3.89. The molecule has 2 amide bonds. The van der Waals surface area contributed by atoms with E-state index in [9.17, 15) is 19.7 Å². The average Bonchev–Trinajstić information content (AvgIpc) is 3.57. The van der Waals surface area contributed by atoms with E-state index in [1.165, 1.54) is 27.4 Å². The fourth-order valence-electron chi connectivity index (χ4n) is 2.96. The zero-order valence-electron chi connectivity index (χ0n) is 16.7. The molecule has 1 fully saturated rings. The molecule has 0 bridgehead atoms. The van der Waals surface area contributed by atoms with Crippen molar-refractivity contribution < 1.29 is 28.7 Å². The molecule has 10 nitrogen and oxygen atoms in total. The topological polar surface area (TPSA) is 129 Å². The summed E-state index contributed by atoms with van der Waals surface area (Å²) < 4.78 is 15.5. The lowest BCUT2D eigenvalue weighted by Gasteiger charge is -2.15. The van der Waals surface area contributed by atoms with Crippen LogP contribution in [0.5, 0.6) is 17.2 Å². The van der Waals surface area contributed by atoms with E-state index < -0.39 is 16.5 Å². The Bertz CT molecular complexity index is 1000. The Hall–Kier alpha value is -3.82. The molecule has 1 saturated carbocycles. The summed E-state index contributed by atoms with van der Waals surface area (Å²) in [5.74, 6) is -0.892. The molecule has 2 aromatic carbocycles. The van der Waals surface area contributed by atoms with Crippen LogP contribution in [0.2, 0.25) is 0 Å². The highest BCUT2D eigenvalue weighted by Crippen LogP contribution is 2.46. The maximum atomic E-state index is 12.9. The molecule has 2 aromatic rings. The molecule has 1 aliphatic carbocycles. The van der Waals surface area contributed by atoms with Crippen LogP contribution in [0.4, 0.5) is 17.1 Å². The number of nitro groups is 1. The first-order chi connectivity index (χ1) is 14.4. The van der Waals surface area contributed by atoms with Gasteiger partial charge in [-0.1, -0.05) is 6.07 Å². The predicted octanol–water partition coefficient (Wildman–Crippen LogP) is 3.22. The molecule has 10 heteroatoms. The van der Waals surface area contributed by atoms with Crippen molar-refractivity contribution in [2.75, 3.05) is 32.0 Å². The summed E-state index contributed by atoms with van der Waals surface area (Å²) in [5.41, 5.74) is 0.0634. The molecule has 0 heterocycles. The second-order valence-electron chi connectivity index (χ2n) is 6.60. The maximum absolute atomic E-state index is 12.9. The molecular weight excluding hydrogens is 394 g/mol. The Balaban J connectivity index is 1.93. The molecule has 0 unspecified atom stereocenters. The first kappa shape index (κ1) is 20.9. The van der Waals surface area contributed by atoms with E-state index in [4.69, 9.17) is 14.2 Å². The predicted molar refractivity (Wildman–Crippen MR) is 109 cm³/mol. The molecule has 30 heavy (non-hydrogen) atoms. The van der Waals surface area contributed by atoms with Gasteiger partial charge in [-0.2, -0.15) is 0 Å². The highest BCUT2D eigenvalue weighted by Gasteiger charge is 2.33. The number of carbonyl (C=O) groups excluding carboxylic acids is 2. The van der Waals surface area contributed by atoms with Gasteiger partial charge in [0.25, 0.3) is 5.91 Å². The quantitative estimate of drug-likeness (QED) is 0.500. The van der Waals surface area contributed by atoms with Gasteiger partial charge in [-0.05, 0) is 31.0 Å². The van der Waals surface area contributed by atoms with Gasteiger partial charge in [0.15, 0.2) is 5.75 Å². The van der Waals surface area contributed by atoms with Crippen molar-refractivity contribution >= 4 is 28.9 Å². The third-order valence-corrected chi connectivity index (χ3v) is 4.57. The number of rotatable bonds is 8. The minimum atomic E-state index is -0.744. The number of nitro benzene ring substituents is 1. The van der Waals surface area contributed by atoms with Gasteiger partial charge >= 0.3 is 5.69 Å². The number of nitrogens with zero attached hydrogens (tertiary/aromatic N) is 1. The van der Waals surface area contributed by atoms with Crippen molar-refractivity contribution in [2.45, 2.75) is 12.8 Å². The Morgan fingerprint density at radius 1 is 1.00 bits per heavy atom. The Morgan fingerprint density at radius 3 is 2.17 bits per heavy atom. The van der Waals surface area contributed by atoms with Crippen LogP contribution in [0.15, 0.2) is 30.3 Å². The normalized spacial score (nSPS) is 12.6. The molecule has 1 aliphatic rings. The number of hydrogen-bond donors (Lipinski definition) is 2. The van der Waals surface area contributed by atoms with Crippen LogP contribution >= 0.6 is 0 Å². The van der Waals surface area contributed by atoms with Crippen LogP contribution in [0, 0.1) is 16.0 Å². The Labute approximate surface area is 172 Å². The maximum Gasteiger partial charge on any atom is 0.327 e. The van der Waals surface area contributed by atoms with E-state index >= 15 is 0 Å². The molecule has 0 radical (unpaired) electrons. The highest BCUT2D eigenvalue weighted by atomic mass is 16.6. The first-order valence-electron chi connectivity index (χ1n) is 9.09. The number of methoxy groups -OCH3 is 3. The smallest absolute Gasteiger partial charge is 0.327 e. The number of amides is 2. The second kappa shape index (κ2) is 8.68. The van der Waals surface area contributed by atoms with Crippen molar-refractivity contribution in [3.8, 4) is 17.2 Å². The van der Waals surface area contributed by atoms with E-state index in [-0.39, 0.29) is 34.6 Å². The van der Waals surface area contributed by atoms with Gasteiger partial charge in [0, 0.05) is 23.4 Å². The third kappa shape index (κ3) is 4.27. The van der Waals surface area contributed by atoms with Gasteiger partial charge in [0.2, 0.25) is 17.4 Å². The molecule has 158 valence electrons. The monoisotopic (exact) mass is 415 g/mol. The number of ether oxygens (including phenoxy) is 3. The Kier molecular flexibility index (Phi) is 6.05. The fraction of sp³-hybridized carbons (Fsp3) is 0.300. The molecule has 0 atom stereocenters. The minimum Gasteiger partial charge on any atom is -0.493 e. The number of anilines is 2. The fourth-order valence-corrected chi connectivity index (χ4v) is 2.96. The van der Waals surface area contributed by atoms with Gasteiger partial charge < -0.3 is 24.8 Å². The molecule has 3 rings (SSSR count). The summed E-state index contributed by atoms with van der Waals surface area (Å²) in [4.78, 5) is 35.8. The van der Waals surface area contributed by atoms with Crippen LogP contribution in [0.1, 0.15) is 23.2 Å². The van der Waals surface area contributed by atoms with Gasteiger partial charge in [-0.25, -0.2) is 0 Å². The zero-order chi connectivity index (χ0) is 21.8. The van der Waals surface area contributed by atoms with Crippen LogP contribution in [0.25, 0.3) is 0 Å². The van der Waals surface area contributed by atoms with Crippen LogP contribution in [-0.4, -0.2) is 38.1 Å². The lowest BCUT2D eigenvalue weighted by molar-refractivity contribution is -0.386. The highest BCUT2D eigenvalue weighted by molar-refractivity contribution is 6.09. The van der Waals surface area contributed by atoms with E-state index in [1.807, 2.05) is 0 Å². The number of benzene rings is 2. The molecule has 0 aromatic heterocycles. The first-order valence-corrected chi connectivity index (χ1v) is 9.09. The number of nitrogens with one attached hydrogen (secondary N) is 2. The van der Waals surface area contributed by atoms with Crippen LogP contribution < -0.4 is 24.8 Å². The second-order valence-corrected chi connectivity index (χ2v) is 6.60. The zero-order valence-corrected chi connectivity index (χ0v) is 16.7. The molecule has 0 spiro atoms. The average molecular weight is 415 g/mol. The summed E-state index contributed by atoms with van der Waals surface area (Å²) in [6, 6.07) is 7.74. The van der Waals surface area contributed by atoms with E-state index in [0.29, 0.717) is 11.4 Å². The van der Waals surface area contributed by atoms with E-state index in [2.05, 4.69) is 10.6 Å². The van der Waals surface area contributed by atoms with Crippen LogP contribution in [0.3, 0.4) is 0 Å². The lowest BCUT2D eigenvalue weighted by atomic mass is 10.1. The molecule has 0 aliphatic heterocycles. The molecular formula is C20H21N3O7. The van der Waals surface area contributed by atoms with Gasteiger partial charge in [-0.3, -0.25) is 19.7 Å². The van der Waals surface area contributed by atoms with Crippen molar-refractivity contribution in [1.29, 1.82) is 0 Å². The van der Waals surface area contributed by atoms with Crippen molar-refractivity contribution in [3.63, 3.8) is 0 Å². The number of carbonyl (C=O) groups is 2. The SMILES string of the molecule is COc1cc(C(=O)Nc2cccc(NC(=O)C3CC3)c2)c([N+](=O)[O-])c(OC)c1OC. The van der Waals surface area contributed by atoms with Gasteiger partial charge in [0.1, 0.15) is 5.56 Å². The van der Waals surface area contributed by atoms with Crippen LogP contribution in [-0.2, 0) is 4.79 Å². The van der Waals surface area contributed by atoms with E-state index in [1.54, 1.807) is 24.3 Å². The third-order valence-electron chi connectivity index (χ3n) is 4.57. The molecule has 0 saturated heterocycles. The van der Waals surface area contributed by atoms with Gasteiger partial charge in [-0.15, -0.1) is 0 Å². The Morgan fingerprint density at radius 2 is 1.63 bits per heavy atom. The summed E-state index contributed by atoms with van der Waals surface area (Å²) in [6.07, 6.45) is 1.74. The summed E-state index contributed by atoms with van der Waals surface area (Å²) in [5, 5.41) is 17.1. The van der Waals surface area contributed by atoms with Crippen molar-refractivity contribution in [2.24, 2.45) is 5.92 Å². The summed E-state index contributed by atoms with van der Waals surface area (Å²) >= 11 is 0. The van der Waals surface area contributed by atoms with Gasteiger partial charge in [0.05, 0.1) is 26.3 Å². The molecule has 2 N–H and O–H groups in total. The minimum absolute atomic E-state index is 0.00744. The van der Waals surface area contributed by atoms with Crippen molar-refractivity contribution in [1.82, 2.24) is 0 Å². The largest absolute Gasteiger partial charge is 0.493 e. The van der Waals surface area contributed by atoms with E-state index in [0.717, 1.165) is 12.8 Å². The standard InChI is InChI=1S/C20H21N3O7/c1-28-15-10-14(16(23(26)27)18(30-3)17(15)29-2)20(25)22-13-6-4-5-12(9-13)21-19(24)11-7-8-11/h4-6,9-11H,7-8H2,1-3H3,(H,21,24)(H,22,25).